The molecule has 0 saturated heterocycles. The number of fused-ring (bicyclic) bond motifs is 1. The first-order valence-electron chi connectivity index (χ1n) is 9.46. The monoisotopic (exact) mass is 455 g/mol. The van der Waals surface area contributed by atoms with Crippen LogP contribution in [0.1, 0.15) is 5.56 Å². The Kier molecular flexibility index (Phi) is 5.87. The molecule has 4 aromatic rings. The Morgan fingerprint density at radius 2 is 1.56 bits per heavy atom. The topological polar surface area (TPSA) is 93.4 Å². The highest BCUT2D eigenvalue weighted by Crippen LogP contribution is 2.40. The third-order valence-corrected chi connectivity index (χ3v) is 5.79. The minimum absolute atomic E-state index is 0.269. The molecule has 2 heterocycles. The van der Waals surface area contributed by atoms with Crippen molar-refractivity contribution in [3.05, 3.63) is 50.8 Å². The molecule has 166 valence electrons. The number of hydrogen-bond donors (Lipinski definition) is 0. The molecular weight excluding hydrogens is 434 g/mol. The van der Waals surface area contributed by atoms with Crippen molar-refractivity contribution in [1.29, 1.82) is 0 Å². The Balaban J connectivity index is 1.80. The van der Waals surface area contributed by atoms with E-state index in [2.05, 4.69) is 10.1 Å². The van der Waals surface area contributed by atoms with Crippen molar-refractivity contribution >= 4 is 22.4 Å². The Labute approximate surface area is 187 Å². The summed E-state index contributed by atoms with van der Waals surface area (Å²) in [5, 5.41) is 4.40. The van der Waals surface area contributed by atoms with Crippen molar-refractivity contribution in [2.75, 3.05) is 35.5 Å². The molecule has 0 aliphatic heterocycles. The van der Waals surface area contributed by atoms with E-state index in [9.17, 15) is 4.79 Å². The fraction of sp³-hybridized carbons (Fsp3) is 0.227. The van der Waals surface area contributed by atoms with E-state index in [4.69, 9.17) is 23.7 Å². The van der Waals surface area contributed by atoms with Gasteiger partial charge in [0.25, 0.3) is 5.56 Å². The summed E-state index contributed by atoms with van der Waals surface area (Å²) in [6.45, 7) is 0. The van der Waals surface area contributed by atoms with Crippen LogP contribution < -0.4 is 33.8 Å². The molecule has 0 aliphatic rings. The highest BCUT2D eigenvalue weighted by Gasteiger charge is 2.18. The lowest BCUT2D eigenvalue weighted by Gasteiger charge is -2.12. The predicted molar refractivity (Wildman–Crippen MR) is 121 cm³/mol. The van der Waals surface area contributed by atoms with Gasteiger partial charge in [-0.05, 0) is 30.3 Å². The molecule has 0 amide bonds. The van der Waals surface area contributed by atoms with Gasteiger partial charge in [0.15, 0.2) is 17.3 Å². The van der Waals surface area contributed by atoms with Crippen LogP contribution in [0.15, 0.2) is 35.1 Å². The summed E-state index contributed by atoms with van der Waals surface area (Å²) in [5.41, 5.74) is 1.12. The fourth-order valence-corrected chi connectivity index (χ4v) is 4.14. The zero-order chi connectivity index (χ0) is 22.8. The van der Waals surface area contributed by atoms with Crippen LogP contribution in [-0.2, 0) is 0 Å². The molecule has 2 aromatic heterocycles. The third-order valence-electron chi connectivity index (χ3n) is 4.83. The van der Waals surface area contributed by atoms with Crippen molar-refractivity contribution in [3.8, 4) is 40.1 Å². The van der Waals surface area contributed by atoms with Gasteiger partial charge < -0.3 is 23.7 Å². The van der Waals surface area contributed by atoms with Gasteiger partial charge in [-0.2, -0.15) is 9.50 Å². The second-order valence-electron chi connectivity index (χ2n) is 6.57. The van der Waals surface area contributed by atoms with Crippen molar-refractivity contribution in [3.63, 3.8) is 0 Å². The van der Waals surface area contributed by atoms with Crippen LogP contribution in [0.25, 0.3) is 22.4 Å². The van der Waals surface area contributed by atoms with E-state index >= 15 is 0 Å². The van der Waals surface area contributed by atoms with Gasteiger partial charge >= 0.3 is 0 Å². The number of rotatable bonds is 7. The minimum Gasteiger partial charge on any atom is -0.497 e. The normalized spacial score (nSPS) is 11.6. The lowest BCUT2D eigenvalue weighted by Crippen LogP contribution is -2.23. The van der Waals surface area contributed by atoms with Crippen molar-refractivity contribution < 1.29 is 23.7 Å². The molecule has 9 nitrogen and oxygen atoms in total. The summed E-state index contributed by atoms with van der Waals surface area (Å²) in [6.07, 6.45) is 1.75. The summed E-state index contributed by atoms with van der Waals surface area (Å²) >= 11 is 1.24. The number of benzene rings is 2. The van der Waals surface area contributed by atoms with E-state index in [1.807, 2.05) is 6.07 Å². The lowest BCUT2D eigenvalue weighted by atomic mass is 10.1. The first-order valence-corrected chi connectivity index (χ1v) is 10.3. The van der Waals surface area contributed by atoms with E-state index in [0.29, 0.717) is 49.6 Å². The lowest BCUT2D eigenvalue weighted by molar-refractivity contribution is 0.324. The molecule has 0 fully saturated rings. The molecule has 0 atom stereocenters. The molecule has 0 radical (unpaired) electrons. The minimum atomic E-state index is -0.269. The van der Waals surface area contributed by atoms with Crippen LogP contribution in [0, 0.1) is 0 Å². The van der Waals surface area contributed by atoms with Crippen LogP contribution in [-0.4, -0.2) is 50.1 Å². The van der Waals surface area contributed by atoms with E-state index in [1.165, 1.54) is 37.2 Å². The molecule has 10 heteroatoms. The van der Waals surface area contributed by atoms with E-state index < -0.39 is 0 Å². The summed E-state index contributed by atoms with van der Waals surface area (Å²) in [4.78, 5) is 18.0. The van der Waals surface area contributed by atoms with Gasteiger partial charge in [0.1, 0.15) is 11.5 Å². The summed E-state index contributed by atoms with van der Waals surface area (Å²) in [7, 11) is 7.75. The van der Waals surface area contributed by atoms with E-state index in [-0.39, 0.29) is 5.56 Å². The zero-order valence-electron chi connectivity index (χ0n) is 18.2. The largest absolute Gasteiger partial charge is 0.497 e. The number of thiazole rings is 1. The molecular formula is C22H21N3O6S. The van der Waals surface area contributed by atoms with E-state index in [1.54, 1.807) is 44.6 Å². The highest BCUT2D eigenvalue weighted by atomic mass is 32.1. The van der Waals surface area contributed by atoms with Gasteiger partial charge in [-0.3, -0.25) is 4.79 Å². The molecule has 2 aromatic carbocycles. The standard InChI is InChI=1S/C22H21N3O6S/c1-27-14-7-6-12(15(11-14)28-2)10-18-21(26)25-22(32-18)23-20(24-25)13-8-16(29-3)19(31-5)17(9-13)30-4/h6-11H,1-5H3/b18-10+. The molecule has 4 rings (SSSR count). The van der Waals surface area contributed by atoms with Crippen molar-refractivity contribution in [2.24, 2.45) is 0 Å². The number of nitrogens with zero attached hydrogens (tertiary/aromatic N) is 3. The molecule has 0 saturated carbocycles. The SMILES string of the molecule is COc1ccc(/C=c2/sc3nc(-c4cc(OC)c(OC)c(OC)c4)nn3c2=O)c(OC)c1. The third kappa shape index (κ3) is 3.69. The Bertz CT molecular complexity index is 1370. The van der Waals surface area contributed by atoms with Gasteiger partial charge in [-0.25, -0.2) is 0 Å². The maximum Gasteiger partial charge on any atom is 0.291 e. The quantitative estimate of drug-likeness (QED) is 0.420. The Hall–Kier alpha value is -3.79. The van der Waals surface area contributed by atoms with Crippen LogP contribution in [0.3, 0.4) is 0 Å². The predicted octanol–water partition coefficient (Wildman–Crippen LogP) is 2.41. The van der Waals surface area contributed by atoms with Gasteiger partial charge in [-0.1, -0.05) is 11.3 Å². The van der Waals surface area contributed by atoms with Gasteiger partial charge in [0, 0.05) is 17.2 Å². The Morgan fingerprint density at radius 3 is 2.12 bits per heavy atom. The average molecular weight is 455 g/mol. The molecule has 0 N–H and O–H groups in total. The molecule has 0 spiro atoms. The Morgan fingerprint density at radius 1 is 0.875 bits per heavy atom. The number of aromatic nitrogens is 3. The van der Waals surface area contributed by atoms with Crippen LogP contribution in [0.2, 0.25) is 0 Å². The molecule has 0 aliphatic carbocycles. The molecule has 32 heavy (non-hydrogen) atoms. The maximum atomic E-state index is 13.0. The highest BCUT2D eigenvalue weighted by molar-refractivity contribution is 7.15. The van der Waals surface area contributed by atoms with Crippen LogP contribution >= 0.6 is 11.3 Å². The van der Waals surface area contributed by atoms with E-state index in [0.717, 1.165) is 5.56 Å². The number of ether oxygens (including phenoxy) is 5. The van der Waals surface area contributed by atoms with Gasteiger partial charge in [0.05, 0.1) is 40.1 Å². The average Bonchev–Trinajstić information content (AvgIpc) is 3.37. The second-order valence-corrected chi connectivity index (χ2v) is 7.58. The second kappa shape index (κ2) is 8.75. The summed E-state index contributed by atoms with van der Waals surface area (Å²) in [6, 6.07) is 8.86. The van der Waals surface area contributed by atoms with Crippen LogP contribution in [0.5, 0.6) is 28.7 Å². The van der Waals surface area contributed by atoms with Gasteiger partial charge in [-0.15, -0.1) is 5.10 Å². The van der Waals surface area contributed by atoms with Gasteiger partial charge in [0.2, 0.25) is 10.7 Å². The molecule has 0 bridgehead atoms. The van der Waals surface area contributed by atoms with Crippen LogP contribution in [0.4, 0.5) is 0 Å². The first kappa shape index (κ1) is 21.4. The summed E-state index contributed by atoms with van der Waals surface area (Å²) in [5.74, 6) is 3.06. The number of hydrogen-bond acceptors (Lipinski definition) is 9. The molecule has 0 unspecified atom stereocenters. The first-order chi connectivity index (χ1) is 15.5. The fourth-order valence-electron chi connectivity index (χ4n) is 3.25. The maximum absolute atomic E-state index is 13.0. The zero-order valence-corrected chi connectivity index (χ0v) is 19.0. The smallest absolute Gasteiger partial charge is 0.291 e. The number of methoxy groups -OCH3 is 5. The summed E-state index contributed by atoms with van der Waals surface area (Å²) < 4.78 is 28.5. The van der Waals surface area contributed by atoms with Crippen molar-refractivity contribution in [1.82, 2.24) is 14.6 Å². The van der Waals surface area contributed by atoms with Crippen molar-refractivity contribution in [2.45, 2.75) is 0 Å².